The van der Waals surface area contributed by atoms with E-state index in [2.05, 4.69) is 10.5 Å². The van der Waals surface area contributed by atoms with Crippen molar-refractivity contribution in [2.45, 2.75) is 25.9 Å². The van der Waals surface area contributed by atoms with E-state index in [-0.39, 0.29) is 11.7 Å². The monoisotopic (exact) mass is 331 g/mol. The molecule has 2 heterocycles. The number of nitrogens with zero attached hydrogens (tertiary/aromatic N) is 2. The van der Waals surface area contributed by atoms with Gasteiger partial charge in [-0.3, -0.25) is 0 Å². The number of carboxylic acid groups (broad SMARTS) is 1. The van der Waals surface area contributed by atoms with E-state index in [1.165, 1.54) is 0 Å². The summed E-state index contributed by atoms with van der Waals surface area (Å²) >= 11 is 5.48. The molecule has 0 radical (unpaired) electrons. The lowest BCUT2D eigenvalue weighted by Gasteiger charge is -2.30. The van der Waals surface area contributed by atoms with Gasteiger partial charge in [-0.05, 0) is 24.7 Å². The molecule has 0 fully saturated rings. The summed E-state index contributed by atoms with van der Waals surface area (Å²) in [5.74, 6) is -0.439. The van der Waals surface area contributed by atoms with Crippen molar-refractivity contribution in [1.82, 2.24) is 15.4 Å². The predicted octanol–water partition coefficient (Wildman–Crippen LogP) is 2.37. The fourth-order valence-electron chi connectivity index (χ4n) is 2.65. The van der Waals surface area contributed by atoms with Crippen LogP contribution in [-0.4, -0.2) is 32.8 Å². The molecule has 2 aromatic rings. The molecule has 1 unspecified atom stereocenters. The van der Waals surface area contributed by atoms with Crippen molar-refractivity contribution in [3.05, 3.63) is 52.9 Å². The van der Waals surface area contributed by atoms with Gasteiger partial charge in [-0.15, -0.1) is 0 Å². The van der Waals surface area contributed by atoms with Crippen LogP contribution < -0.4 is 5.32 Å². The second-order valence-electron chi connectivity index (χ2n) is 5.49. The maximum absolute atomic E-state index is 11.2. The van der Waals surface area contributed by atoms with Gasteiger partial charge in [0.05, 0.1) is 12.6 Å². The van der Waals surface area contributed by atoms with Gasteiger partial charge < -0.3 is 19.8 Å². The van der Waals surface area contributed by atoms with E-state index < -0.39 is 5.97 Å². The number of aromatic carboxylic acids is 1. The summed E-state index contributed by atoms with van der Waals surface area (Å²) < 4.78 is 5.11. The van der Waals surface area contributed by atoms with Crippen LogP contribution in [0.5, 0.6) is 0 Å². The molecule has 1 aliphatic heterocycles. The second-order valence-corrected chi connectivity index (χ2v) is 5.88. The number of fused-ring (bicyclic) bond motifs is 1. The number of nitrogens with one attached hydrogen (secondary N) is 1. The zero-order valence-corrected chi connectivity index (χ0v) is 13.5. The number of carbonyl (C=O) groups is 1. The van der Waals surface area contributed by atoms with Crippen LogP contribution >= 0.6 is 12.2 Å². The minimum absolute atomic E-state index is 0.0244. The SMILES string of the molecule is CC(NC(=S)N1CCc2onc(C(=O)O)c2C1)c1ccccc1. The highest BCUT2D eigenvalue weighted by molar-refractivity contribution is 7.80. The zero-order valence-electron chi connectivity index (χ0n) is 12.7. The highest BCUT2D eigenvalue weighted by atomic mass is 32.1. The molecule has 1 aromatic carbocycles. The maximum Gasteiger partial charge on any atom is 0.358 e. The van der Waals surface area contributed by atoms with Crippen molar-refractivity contribution in [1.29, 1.82) is 0 Å². The molecular formula is C16H17N3O3S. The molecule has 1 atom stereocenters. The summed E-state index contributed by atoms with van der Waals surface area (Å²) in [6, 6.07) is 10.1. The lowest BCUT2D eigenvalue weighted by atomic mass is 10.1. The summed E-state index contributed by atoms with van der Waals surface area (Å²) in [5.41, 5.74) is 1.73. The van der Waals surface area contributed by atoms with E-state index in [0.717, 1.165) is 5.56 Å². The van der Waals surface area contributed by atoms with E-state index in [4.69, 9.17) is 21.8 Å². The molecule has 0 bridgehead atoms. The van der Waals surface area contributed by atoms with Crippen LogP contribution in [0.4, 0.5) is 0 Å². The Kier molecular flexibility index (Phi) is 4.29. The maximum atomic E-state index is 11.2. The summed E-state index contributed by atoms with van der Waals surface area (Å²) in [5, 5.41) is 16.7. The van der Waals surface area contributed by atoms with Gasteiger partial charge in [-0.1, -0.05) is 35.5 Å². The number of hydrogen-bond donors (Lipinski definition) is 2. The molecule has 23 heavy (non-hydrogen) atoms. The summed E-state index contributed by atoms with van der Waals surface area (Å²) in [7, 11) is 0. The van der Waals surface area contributed by atoms with Gasteiger partial charge in [-0.2, -0.15) is 0 Å². The first-order valence-electron chi connectivity index (χ1n) is 7.37. The Balaban J connectivity index is 1.69. The van der Waals surface area contributed by atoms with Crippen LogP contribution in [0, 0.1) is 0 Å². The highest BCUT2D eigenvalue weighted by Gasteiger charge is 2.28. The molecule has 2 N–H and O–H groups in total. The lowest BCUT2D eigenvalue weighted by molar-refractivity contribution is 0.0684. The number of carboxylic acids is 1. The van der Waals surface area contributed by atoms with E-state index in [1.807, 2.05) is 42.2 Å². The lowest BCUT2D eigenvalue weighted by Crippen LogP contribution is -2.43. The molecule has 1 aromatic heterocycles. The van der Waals surface area contributed by atoms with Crippen LogP contribution in [0.2, 0.25) is 0 Å². The Morgan fingerprint density at radius 3 is 2.87 bits per heavy atom. The Hall–Kier alpha value is -2.41. The number of thiocarbonyl (C=S) groups is 1. The number of aromatic nitrogens is 1. The van der Waals surface area contributed by atoms with Gasteiger partial charge in [0.25, 0.3) is 0 Å². The molecule has 0 spiro atoms. The number of hydrogen-bond acceptors (Lipinski definition) is 4. The first-order valence-corrected chi connectivity index (χ1v) is 7.78. The predicted molar refractivity (Wildman–Crippen MR) is 88.2 cm³/mol. The van der Waals surface area contributed by atoms with E-state index in [9.17, 15) is 4.79 Å². The second kappa shape index (κ2) is 6.37. The van der Waals surface area contributed by atoms with Crippen molar-refractivity contribution in [3.63, 3.8) is 0 Å². The van der Waals surface area contributed by atoms with Crippen LogP contribution in [0.25, 0.3) is 0 Å². The normalized spacial score (nSPS) is 14.9. The van der Waals surface area contributed by atoms with Crippen LogP contribution in [0.1, 0.15) is 40.3 Å². The van der Waals surface area contributed by atoms with E-state index in [1.54, 1.807) is 0 Å². The van der Waals surface area contributed by atoms with Gasteiger partial charge >= 0.3 is 5.97 Å². The molecule has 6 nitrogen and oxygen atoms in total. The van der Waals surface area contributed by atoms with Crippen molar-refractivity contribution < 1.29 is 14.4 Å². The third-order valence-electron chi connectivity index (χ3n) is 3.96. The molecule has 1 aliphatic rings. The third kappa shape index (κ3) is 3.19. The van der Waals surface area contributed by atoms with Gasteiger partial charge in [0.2, 0.25) is 0 Å². The summed E-state index contributed by atoms with van der Waals surface area (Å²) in [4.78, 5) is 13.1. The van der Waals surface area contributed by atoms with E-state index >= 15 is 0 Å². The first kappa shape index (κ1) is 15.5. The van der Waals surface area contributed by atoms with Crippen molar-refractivity contribution in [3.8, 4) is 0 Å². The third-order valence-corrected chi connectivity index (χ3v) is 4.33. The summed E-state index contributed by atoms with van der Waals surface area (Å²) in [6.07, 6.45) is 0.594. The van der Waals surface area contributed by atoms with Crippen LogP contribution in [-0.2, 0) is 13.0 Å². The average Bonchev–Trinajstić information content (AvgIpc) is 2.98. The molecule has 0 saturated heterocycles. The van der Waals surface area contributed by atoms with Crippen molar-refractivity contribution in [2.24, 2.45) is 0 Å². The quantitative estimate of drug-likeness (QED) is 0.836. The highest BCUT2D eigenvalue weighted by Crippen LogP contribution is 2.23. The van der Waals surface area contributed by atoms with Gasteiger partial charge in [0, 0.05) is 18.5 Å². The van der Waals surface area contributed by atoms with Crippen molar-refractivity contribution >= 4 is 23.3 Å². The summed E-state index contributed by atoms with van der Waals surface area (Å²) in [6.45, 7) is 3.11. The van der Waals surface area contributed by atoms with Crippen LogP contribution in [0.3, 0.4) is 0 Å². The van der Waals surface area contributed by atoms with Crippen LogP contribution in [0.15, 0.2) is 34.9 Å². The standard InChI is InChI=1S/C16H17N3O3S/c1-10(11-5-3-2-4-6-11)17-16(23)19-8-7-13-12(9-19)14(15(20)21)18-22-13/h2-6,10H,7-9H2,1H3,(H,17,23)(H,20,21). The molecule has 3 rings (SSSR count). The topological polar surface area (TPSA) is 78.6 Å². The molecule has 7 heteroatoms. The Bertz CT molecular complexity index is 729. The Labute approximate surface area is 139 Å². The first-order chi connectivity index (χ1) is 11.1. The van der Waals surface area contributed by atoms with E-state index in [0.29, 0.717) is 35.9 Å². The van der Waals surface area contributed by atoms with Crippen molar-refractivity contribution in [2.75, 3.05) is 6.54 Å². The van der Waals surface area contributed by atoms with Gasteiger partial charge in [0.15, 0.2) is 10.8 Å². The molecule has 120 valence electrons. The fraction of sp³-hybridized carbons (Fsp3) is 0.312. The number of rotatable bonds is 3. The Morgan fingerprint density at radius 1 is 1.43 bits per heavy atom. The zero-order chi connectivity index (χ0) is 16.4. The van der Waals surface area contributed by atoms with Gasteiger partial charge in [-0.25, -0.2) is 4.79 Å². The number of benzene rings is 1. The molecule has 0 saturated carbocycles. The minimum Gasteiger partial charge on any atom is -0.476 e. The molecule has 0 amide bonds. The van der Waals surface area contributed by atoms with Gasteiger partial charge in [0.1, 0.15) is 5.76 Å². The molecular weight excluding hydrogens is 314 g/mol. The average molecular weight is 331 g/mol. The minimum atomic E-state index is -1.08. The smallest absolute Gasteiger partial charge is 0.358 e. The largest absolute Gasteiger partial charge is 0.476 e. The fourth-order valence-corrected chi connectivity index (χ4v) is 2.98. The molecule has 0 aliphatic carbocycles. The Morgan fingerprint density at radius 2 is 2.17 bits per heavy atom.